The van der Waals surface area contributed by atoms with Crippen molar-refractivity contribution < 1.29 is 23.9 Å². The monoisotopic (exact) mass is 590 g/mol. The second-order valence-electron chi connectivity index (χ2n) is 10.0. The van der Waals surface area contributed by atoms with E-state index in [1.54, 1.807) is 58.0 Å². The smallest absolute Gasteiger partial charge is 0.262 e. The average molecular weight is 592 g/mol. The molecule has 2 aromatic carbocycles. The highest BCUT2D eigenvalue weighted by atomic mass is 35.5. The highest BCUT2D eigenvalue weighted by molar-refractivity contribution is 8.00. The molecule has 9 nitrogen and oxygen atoms in total. The number of fused-ring (bicyclic) bond motifs is 1. The molecule has 3 heterocycles. The summed E-state index contributed by atoms with van der Waals surface area (Å²) in [5.41, 5.74) is 5.98. The second kappa shape index (κ2) is 11.3. The van der Waals surface area contributed by atoms with E-state index in [0.717, 1.165) is 12.0 Å². The molecule has 0 aliphatic carbocycles. The van der Waals surface area contributed by atoms with Gasteiger partial charge in [0.2, 0.25) is 17.7 Å². The first-order chi connectivity index (χ1) is 18.7. The van der Waals surface area contributed by atoms with Gasteiger partial charge in [0, 0.05) is 36.0 Å². The van der Waals surface area contributed by atoms with Crippen LogP contribution in [0.2, 0.25) is 10.0 Å². The van der Waals surface area contributed by atoms with Crippen LogP contribution in [-0.4, -0.2) is 69.8 Å². The number of nitrogens with one attached hydrogen (secondary N) is 1. The maximum absolute atomic E-state index is 13.5. The van der Waals surface area contributed by atoms with Gasteiger partial charge in [-0.3, -0.25) is 19.2 Å². The molecule has 206 valence electrons. The Morgan fingerprint density at radius 1 is 1.15 bits per heavy atom. The zero-order chi connectivity index (χ0) is 27.7. The first-order valence-corrected chi connectivity index (χ1v) is 14.5. The summed E-state index contributed by atoms with van der Waals surface area (Å²) in [4.78, 5) is 54.4. The van der Waals surface area contributed by atoms with E-state index in [2.05, 4.69) is 5.32 Å². The molecule has 3 aliphatic rings. The Kier molecular flexibility index (Phi) is 7.98. The van der Waals surface area contributed by atoms with Crippen molar-refractivity contribution in [2.75, 3.05) is 30.8 Å². The van der Waals surface area contributed by atoms with Crippen LogP contribution in [0.5, 0.6) is 5.75 Å². The number of nitrogens with zero attached hydrogens (tertiary/aromatic N) is 2. The predicted molar refractivity (Wildman–Crippen MR) is 150 cm³/mol. The number of rotatable bonds is 7. The number of hydrogen-bond acceptors (Lipinski definition) is 6. The lowest BCUT2D eigenvalue weighted by Gasteiger charge is -2.34. The van der Waals surface area contributed by atoms with Gasteiger partial charge in [-0.1, -0.05) is 35.3 Å². The number of benzene rings is 2. The van der Waals surface area contributed by atoms with Crippen molar-refractivity contribution in [2.45, 2.75) is 36.6 Å². The van der Waals surface area contributed by atoms with Gasteiger partial charge in [0.1, 0.15) is 11.3 Å². The number of primary amides is 1. The van der Waals surface area contributed by atoms with E-state index < -0.39 is 11.4 Å². The van der Waals surface area contributed by atoms with Crippen LogP contribution in [0.15, 0.2) is 42.5 Å². The van der Waals surface area contributed by atoms with E-state index >= 15 is 0 Å². The van der Waals surface area contributed by atoms with Crippen molar-refractivity contribution in [3.05, 3.63) is 58.1 Å². The van der Waals surface area contributed by atoms with Crippen LogP contribution in [-0.2, 0) is 25.6 Å². The number of halogens is 2. The summed E-state index contributed by atoms with van der Waals surface area (Å²) >= 11 is 13.5. The number of hydrogen-bond donors (Lipinski definition) is 2. The number of carbonyl (C=O) groups excluding carboxylic acids is 4. The van der Waals surface area contributed by atoms with E-state index in [1.807, 2.05) is 0 Å². The van der Waals surface area contributed by atoms with Crippen LogP contribution in [0.25, 0.3) is 0 Å². The molecular weight excluding hydrogens is 563 g/mol. The van der Waals surface area contributed by atoms with Crippen LogP contribution >= 0.6 is 35.0 Å². The van der Waals surface area contributed by atoms with Gasteiger partial charge >= 0.3 is 0 Å². The van der Waals surface area contributed by atoms with Gasteiger partial charge in [-0.2, -0.15) is 0 Å². The minimum atomic E-state index is -0.845. The third kappa shape index (κ3) is 5.69. The van der Waals surface area contributed by atoms with Crippen molar-refractivity contribution in [3.63, 3.8) is 0 Å². The molecule has 0 unspecified atom stereocenters. The normalized spacial score (nSPS) is 24.1. The Hall–Kier alpha value is -2.95. The third-order valence-electron chi connectivity index (χ3n) is 7.46. The van der Waals surface area contributed by atoms with Gasteiger partial charge in [-0.15, -0.1) is 11.8 Å². The lowest BCUT2D eigenvalue weighted by atomic mass is 9.93. The number of nitrogens with two attached hydrogens (primary N) is 1. The minimum Gasteiger partial charge on any atom is -0.482 e. The van der Waals surface area contributed by atoms with Crippen molar-refractivity contribution in [2.24, 2.45) is 11.7 Å². The zero-order valence-corrected chi connectivity index (χ0v) is 23.4. The Labute approximate surface area is 240 Å². The molecule has 3 atom stereocenters. The Morgan fingerprint density at radius 3 is 2.64 bits per heavy atom. The summed E-state index contributed by atoms with van der Waals surface area (Å²) in [6.45, 7) is 0.616. The third-order valence-corrected chi connectivity index (χ3v) is 9.39. The number of likely N-dealkylation sites (tertiary alicyclic amines) is 1. The first kappa shape index (κ1) is 27.6. The zero-order valence-electron chi connectivity index (χ0n) is 21.0. The standard InChI is InChI=1S/C27H28Cl2N4O5S/c28-18-4-7-21(20(29)11-18)38-14-22(34)31-19-5-2-16(3-6-19)10-23(35)33-9-1-8-27(33)12-24-32(26(27)37)13-17(15-39-24)25(30)36/h2-7,11,17,24H,1,8-10,12-15H2,(H2,30,36)(H,31,34)/t17-,24-,27-/m1/s1. The Bertz CT molecular complexity index is 1310. The fraction of sp³-hybridized carbons (Fsp3) is 0.407. The molecule has 3 N–H and O–H groups in total. The van der Waals surface area contributed by atoms with Gasteiger partial charge in [-0.05, 0) is 48.7 Å². The Balaban J connectivity index is 1.17. The Morgan fingerprint density at radius 2 is 1.92 bits per heavy atom. The summed E-state index contributed by atoms with van der Waals surface area (Å²) < 4.78 is 5.46. The van der Waals surface area contributed by atoms with E-state index in [4.69, 9.17) is 33.7 Å². The van der Waals surface area contributed by atoms with Gasteiger partial charge in [0.05, 0.1) is 22.7 Å². The van der Waals surface area contributed by atoms with Gasteiger partial charge in [0.15, 0.2) is 6.61 Å². The molecule has 0 radical (unpaired) electrons. The van der Waals surface area contributed by atoms with Crippen LogP contribution in [0.3, 0.4) is 0 Å². The van der Waals surface area contributed by atoms with Gasteiger partial charge < -0.3 is 25.6 Å². The quantitative estimate of drug-likeness (QED) is 0.510. The maximum Gasteiger partial charge on any atom is 0.262 e. The highest BCUT2D eigenvalue weighted by Gasteiger charge is 2.59. The molecule has 39 heavy (non-hydrogen) atoms. The second-order valence-corrected chi connectivity index (χ2v) is 12.1. The van der Waals surface area contributed by atoms with Crippen LogP contribution in [0, 0.1) is 5.92 Å². The lowest BCUT2D eigenvalue weighted by molar-refractivity contribution is -0.146. The SMILES string of the molecule is NC(=O)[C@H]1CS[C@@H]2C[C@]3(CCCN3C(=O)Cc3ccc(NC(=O)COc4ccc(Cl)cc4Cl)cc3)C(=O)N2C1. The van der Waals surface area contributed by atoms with E-state index in [1.165, 1.54) is 6.07 Å². The molecule has 3 saturated heterocycles. The van der Waals surface area contributed by atoms with E-state index in [0.29, 0.717) is 53.2 Å². The summed E-state index contributed by atoms with van der Waals surface area (Å²) in [6, 6.07) is 11.7. The number of ether oxygens (including phenoxy) is 1. The molecular formula is C27H28Cl2N4O5S. The van der Waals surface area contributed by atoms with Gasteiger partial charge in [-0.25, -0.2) is 0 Å². The fourth-order valence-electron chi connectivity index (χ4n) is 5.51. The van der Waals surface area contributed by atoms with Crippen molar-refractivity contribution in [1.29, 1.82) is 0 Å². The summed E-state index contributed by atoms with van der Waals surface area (Å²) in [5, 5.41) is 3.50. The topological polar surface area (TPSA) is 122 Å². The minimum absolute atomic E-state index is 0.0379. The summed E-state index contributed by atoms with van der Waals surface area (Å²) in [5.74, 6) is -0.357. The van der Waals surface area contributed by atoms with E-state index in [9.17, 15) is 19.2 Å². The molecule has 2 aromatic rings. The average Bonchev–Trinajstić information content (AvgIpc) is 3.45. The fourth-order valence-corrected chi connectivity index (χ4v) is 7.45. The molecule has 3 fully saturated rings. The predicted octanol–water partition coefficient (Wildman–Crippen LogP) is 3.32. The van der Waals surface area contributed by atoms with Crippen LogP contribution in [0.4, 0.5) is 5.69 Å². The molecule has 4 amide bonds. The van der Waals surface area contributed by atoms with E-state index in [-0.39, 0.29) is 42.0 Å². The number of amides is 4. The maximum atomic E-state index is 13.5. The van der Waals surface area contributed by atoms with Gasteiger partial charge in [0.25, 0.3) is 5.91 Å². The molecule has 1 spiro atoms. The van der Waals surface area contributed by atoms with Crippen LogP contribution < -0.4 is 15.8 Å². The molecule has 0 saturated carbocycles. The number of carbonyl (C=O) groups is 4. The molecule has 3 aliphatic heterocycles. The number of anilines is 1. The summed E-state index contributed by atoms with van der Waals surface area (Å²) in [7, 11) is 0. The lowest BCUT2D eigenvalue weighted by Crippen LogP contribution is -2.54. The van der Waals surface area contributed by atoms with Crippen molar-refractivity contribution in [1.82, 2.24) is 9.80 Å². The van der Waals surface area contributed by atoms with Crippen molar-refractivity contribution in [3.8, 4) is 5.75 Å². The van der Waals surface area contributed by atoms with Crippen LogP contribution in [0.1, 0.15) is 24.8 Å². The molecule has 0 aromatic heterocycles. The highest BCUT2D eigenvalue weighted by Crippen LogP contribution is 2.47. The summed E-state index contributed by atoms with van der Waals surface area (Å²) in [6.07, 6.45) is 2.10. The van der Waals surface area contributed by atoms with Crippen molar-refractivity contribution >= 4 is 64.3 Å². The first-order valence-electron chi connectivity index (χ1n) is 12.7. The molecule has 12 heteroatoms. The molecule has 0 bridgehead atoms. The largest absolute Gasteiger partial charge is 0.482 e. The number of thioether (sulfide) groups is 1. The molecule has 5 rings (SSSR count).